The number of carboxylic acid groups (broad SMARTS) is 1. The number of ether oxygens (including phenoxy) is 1. The first-order chi connectivity index (χ1) is 22.4. The van der Waals surface area contributed by atoms with Gasteiger partial charge in [0.1, 0.15) is 5.52 Å². The van der Waals surface area contributed by atoms with Crippen LogP contribution < -0.4 is 5.32 Å². The number of aromatic nitrogens is 2. The number of benzene rings is 1. The molecule has 3 unspecified atom stereocenters. The number of pyridine rings is 2. The topological polar surface area (TPSA) is 90.8 Å². The second-order valence-electron chi connectivity index (χ2n) is 13.3. The summed E-state index contributed by atoms with van der Waals surface area (Å²) in [6.45, 7) is 10.1. The Morgan fingerprint density at radius 1 is 1.09 bits per heavy atom. The third-order valence-corrected chi connectivity index (χ3v) is 10.1. The maximum Gasteiger partial charge on any atom is 0.304 e. The first-order valence-electron chi connectivity index (χ1n) is 17.2. The van der Waals surface area contributed by atoms with Crippen molar-refractivity contribution < 1.29 is 14.6 Å². The highest BCUT2D eigenvalue weighted by Crippen LogP contribution is 2.40. The third-order valence-electron chi connectivity index (χ3n) is 10.1. The summed E-state index contributed by atoms with van der Waals surface area (Å²) in [5.41, 5.74) is 4.80. The molecule has 8 nitrogen and oxygen atoms in total. The van der Waals surface area contributed by atoms with Crippen molar-refractivity contribution in [3.05, 3.63) is 83.7 Å². The minimum atomic E-state index is -0.798. The van der Waals surface area contributed by atoms with E-state index in [1.54, 1.807) is 0 Å². The third kappa shape index (κ3) is 7.51. The number of nitrogens with zero attached hydrogens (tertiary/aromatic N) is 4. The number of allylic oxidation sites excluding steroid dienone is 2. The molecule has 0 bridgehead atoms. The first-order valence-corrected chi connectivity index (χ1v) is 17.2. The second-order valence-corrected chi connectivity index (χ2v) is 13.3. The lowest BCUT2D eigenvalue weighted by atomic mass is 9.80. The van der Waals surface area contributed by atoms with Gasteiger partial charge in [0, 0.05) is 42.8 Å². The van der Waals surface area contributed by atoms with Gasteiger partial charge in [0.05, 0.1) is 13.0 Å². The van der Waals surface area contributed by atoms with Crippen LogP contribution in [0.15, 0.2) is 67.0 Å². The van der Waals surface area contributed by atoms with Gasteiger partial charge in [-0.15, -0.1) is 0 Å². The van der Waals surface area contributed by atoms with E-state index in [0.717, 1.165) is 55.2 Å². The summed E-state index contributed by atoms with van der Waals surface area (Å²) >= 11 is 0. The quantitative estimate of drug-likeness (QED) is 0.164. The molecule has 3 aliphatic rings. The fraction of sp³-hybridized carbons (Fsp3) is 0.500. The number of aryl methyl sites for hydroxylation is 1. The SMILES string of the molecule is Cc1ccccc1C1=CC=CC(Nc2nccc3cc(CN4CCCCC4CC(=O)O)cnc23)(OCCCN2CCCCC2)C1C. The molecule has 244 valence electrons. The van der Waals surface area contributed by atoms with Crippen molar-refractivity contribution in [3.63, 3.8) is 0 Å². The zero-order valence-corrected chi connectivity index (χ0v) is 27.5. The van der Waals surface area contributed by atoms with E-state index in [2.05, 4.69) is 77.5 Å². The van der Waals surface area contributed by atoms with Crippen molar-refractivity contribution in [1.82, 2.24) is 19.8 Å². The maximum atomic E-state index is 11.5. The molecule has 1 aromatic carbocycles. The Morgan fingerprint density at radius 2 is 1.91 bits per heavy atom. The van der Waals surface area contributed by atoms with Gasteiger partial charge in [0.15, 0.2) is 11.5 Å². The molecule has 2 fully saturated rings. The van der Waals surface area contributed by atoms with Crippen LogP contribution in [-0.2, 0) is 16.1 Å². The average Bonchev–Trinajstić information content (AvgIpc) is 3.06. The molecule has 46 heavy (non-hydrogen) atoms. The lowest BCUT2D eigenvalue weighted by molar-refractivity contribution is -0.138. The molecule has 8 heteroatoms. The molecule has 6 rings (SSSR count). The molecule has 3 aromatic rings. The Hall–Kier alpha value is -3.59. The molecule has 4 heterocycles. The molecule has 0 saturated carbocycles. The van der Waals surface area contributed by atoms with Crippen molar-refractivity contribution in [1.29, 1.82) is 0 Å². The molecular formula is C38H49N5O3. The van der Waals surface area contributed by atoms with Crippen LogP contribution >= 0.6 is 0 Å². The smallest absolute Gasteiger partial charge is 0.304 e. The first kappa shape index (κ1) is 32.4. The molecule has 3 atom stereocenters. The van der Waals surface area contributed by atoms with Crippen LogP contribution in [0.4, 0.5) is 5.82 Å². The molecule has 2 aromatic heterocycles. The number of nitrogens with one attached hydrogen (secondary N) is 1. The van der Waals surface area contributed by atoms with Crippen molar-refractivity contribution in [2.24, 2.45) is 5.92 Å². The average molecular weight is 624 g/mol. The summed E-state index contributed by atoms with van der Waals surface area (Å²) in [6, 6.07) is 12.8. The van der Waals surface area contributed by atoms with Gasteiger partial charge in [-0.2, -0.15) is 0 Å². The van der Waals surface area contributed by atoms with Gasteiger partial charge in [-0.3, -0.25) is 14.7 Å². The normalized spacial score (nSPS) is 24.2. The fourth-order valence-electron chi connectivity index (χ4n) is 7.51. The number of hydrogen-bond donors (Lipinski definition) is 2. The molecule has 0 spiro atoms. The summed E-state index contributed by atoms with van der Waals surface area (Å²) in [4.78, 5) is 26.1. The standard InChI is InChI=1S/C38H49N5O3/c1-28-12-4-5-14-33(28)34-15-10-17-38(29(34)2,46-23-11-21-42-19-7-3-8-20-42)41-37-36-31(16-18-39-37)24-30(26-40-36)27-43-22-9-6-13-32(43)25-35(44)45/h4-5,10,12,14-18,24,26,29,32H,3,6-9,11,13,19-23,25,27H2,1-2H3,(H,39,41)(H,44,45). The van der Waals surface area contributed by atoms with E-state index in [1.807, 2.05) is 18.5 Å². The maximum absolute atomic E-state index is 11.5. The van der Waals surface area contributed by atoms with Gasteiger partial charge in [0.2, 0.25) is 0 Å². The molecule has 2 N–H and O–H groups in total. The van der Waals surface area contributed by atoms with E-state index in [9.17, 15) is 9.90 Å². The van der Waals surface area contributed by atoms with E-state index in [0.29, 0.717) is 19.0 Å². The number of rotatable bonds is 12. The molecule has 0 radical (unpaired) electrons. The van der Waals surface area contributed by atoms with Crippen LogP contribution in [0.3, 0.4) is 0 Å². The lowest BCUT2D eigenvalue weighted by Crippen LogP contribution is -2.47. The highest BCUT2D eigenvalue weighted by atomic mass is 16.5. The number of piperidine rings is 2. The minimum Gasteiger partial charge on any atom is -0.481 e. The fourth-order valence-corrected chi connectivity index (χ4v) is 7.51. The van der Waals surface area contributed by atoms with E-state index >= 15 is 0 Å². The van der Waals surface area contributed by atoms with Gasteiger partial charge >= 0.3 is 5.97 Å². The number of carboxylic acids is 1. The number of carbonyl (C=O) groups is 1. The number of aliphatic carboxylic acids is 1. The summed E-state index contributed by atoms with van der Waals surface area (Å²) in [7, 11) is 0. The van der Waals surface area contributed by atoms with Gasteiger partial charge < -0.3 is 20.1 Å². The van der Waals surface area contributed by atoms with Crippen LogP contribution in [0, 0.1) is 12.8 Å². The number of likely N-dealkylation sites (tertiary alicyclic amines) is 2. The number of hydrogen-bond acceptors (Lipinski definition) is 7. The van der Waals surface area contributed by atoms with Gasteiger partial charge in [-0.1, -0.05) is 56.2 Å². The van der Waals surface area contributed by atoms with E-state index in [-0.39, 0.29) is 18.4 Å². The van der Waals surface area contributed by atoms with Crippen LogP contribution in [0.1, 0.15) is 75.0 Å². The predicted molar refractivity (Wildman–Crippen MR) is 185 cm³/mol. The zero-order valence-electron chi connectivity index (χ0n) is 27.5. The summed E-state index contributed by atoms with van der Waals surface area (Å²) in [6.07, 6.45) is 18.4. The van der Waals surface area contributed by atoms with E-state index in [4.69, 9.17) is 14.7 Å². The molecular weight excluding hydrogens is 574 g/mol. The Morgan fingerprint density at radius 3 is 2.74 bits per heavy atom. The molecule has 2 aliphatic heterocycles. The predicted octanol–water partition coefficient (Wildman–Crippen LogP) is 7.06. The lowest BCUT2D eigenvalue weighted by Gasteiger charge is -2.41. The summed E-state index contributed by atoms with van der Waals surface area (Å²) < 4.78 is 6.90. The van der Waals surface area contributed by atoms with Crippen LogP contribution in [0.25, 0.3) is 16.5 Å². The summed E-state index contributed by atoms with van der Waals surface area (Å²) in [5, 5.41) is 14.2. The van der Waals surface area contributed by atoms with E-state index in [1.165, 1.54) is 49.1 Å². The monoisotopic (exact) mass is 623 g/mol. The second kappa shape index (κ2) is 14.9. The molecule has 1 aliphatic carbocycles. The highest BCUT2D eigenvalue weighted by Gasteiger charge is 2.40. The number of anilines is 1. The van der Waals surface area contributed by atoms with Crippen LogP contribution in [-0.4, -0.2) is 75.4 Å². The molecule has 0 amide bonds. The number of fused-ring (bicyclic) bond motifs is 1. The van der Waals surface area contributed by atoms with Crippen molar-refractivity contribution in [3.8, 4) is 0 Å². The largest absolute Gasteiger partial charge is 0.481 e. The Kier molecular flexibility index (Phi) is 10.5. The Labute approximate surface area is 273 Å². The van der Waals surface area contributed by atoms with Crippen molar-refractivity contribution in [2.45, 2.75) is 83.5 Å². The van der Waals surface area contributed by atoms with Gasteiger partial charge in [-0.05, 0) is 99.1 Å². The van der Waals surface area contributed by atoms with Crippen LogP contribution in [0.2, 0.25) is 0 Å². The molecule has 2 saturated heterocycles. The summed E-state index contributed by atoms with van der Waals surface area (Å²) in [5.74, 6) is -0.0242. The van der Waals surface area contributed by atoms with Gasteiger partial charge in [-0.25, -0.2) is 4.98 Å². The van der Waals surface area contributed by atoms with Crippen molar-refractivity contribution in [2.75, 3.05) is 38.1 Å². The Balaban J connectivity index is 1.25. The van der Waals surface area contributed by atoms with E-state index < -0.39 is 11.7 Å². The van der Waals surface area contributed by atoms with Crippen molar-refractivity contribution >= 4 is 28.3 Å². The Bertz CT molecular complexity index is 1560. The van der Waals surface area contributed by atoms with Gasteiger partial charge in [0.25, 0.3) is 0 Å². The minimum absolute atomic E-state index is 0.00943. The highest BCUT2D eigenvalue weighted by molar-refractivity contribution is 5.89. The zero-order chi connectivity index (χ0) is 31.9. The van der Waals surface area contributed by atoms with Crippen LogP contribution in [0.5, 0.6) is 0 Å².